The zero-order chi connectivity index (χ0) is 16.7. The van der Waals surface area contributed by atoms with Gasteiger partial charge >= 0.3 is 5.97 Å². The maximum atomic E-state index is 11.8. The Morgan fingerprint density at radius 3 is 3.00 bits per heavy atom. The number of likely N-dealkylation sites (N-methyl/N-ethyl adjacent to an activating group) is 1. The molecule has 0 aromatic carbocycles. The molecule has 0 N–H and O–H groups in total. The number of carbonyl (C=O) groups excluding carboxylic acids is 2. The molecule has 2 heterocycles. The van der Waals surface area contributed by atoms with Gasteiger partial charge in [0.25, 0.3) is 5.91 Å². The zero-order valence-corrected chi connectivity index (χ0v) is 12.6. The minimum absolute atomic E-state index is 0.0274. The SMILES string of the molecule is CN(CCC#N)C(=O)COC(=O)c1ccc(Cn2cccn2)o1. The Morgan fingerprint density at radius 2 is 2.30 bits per heavy atom. The van der Waals surface area contributed by atoms with Crippen LogP contribution in [0.25, 0.3) is 0 Å². The van der Waals surface area contributed by atoms with E-state index in [4.69, 9.17) is 14.4 Å². The average molecular weight is 316 g/mol. The van der Waals surface area contributed by atoms with Crippen LogP contribution in [0.5, 0.6) is 0 Å². The van der Waals surface area contributed by atoms with Crippen LogP contribution in [-0.2, 0) is 16.1 Å². The number of carbonyl (C=O) groups is 2. The lowest BCUT2D eigenvalue weighted by Crippen LogP contribution is -2.31. The molecule has 0 aliphatic heterocycles. The third kappa shape index (κ3) is 4.71. The van der Waals surface area contributed by atoms with E-state index in [-0.39, 0.29) is 18.1 Å². The highest BCUT2D eigenvalue weighted by atomic mass is 16.5. The third-order valence-electron chi connectivity index (χ3n) is 3.05. The number of nitrogens with zero attached hydrogens (tertiary/aromatic N) is 4. The largest absolute Gasteiger partial charge is 0.452 e. The average Bonchev–Trinajstić information content (AvgIpc) is 3.22. The number of hydrogen-bond donors (Lipinski definition) is 0. The Hall–Kier alpha value is -3.08. The quantitative estimate of drug-likeness (QED) is 0.708. The number of furan rings is 1. The van der Waals surface area contributed by atoms with Crippen LogP contribution in [0.1, 0.15) is 22.7 Å². The molecule has 0 bridgehead atoms. The summed E-state index contributed by atoms with van der Waals surface area (Å²) in [5, 5.41) is 12.5. The molecule has 2 aromatic rings. The molecule has 120 valence electrons. The number of esters is 1. The van der Waals surface area contributed by atoms with Crippen LogP contribution in [0.2, 0.25) is 0 Å². The van der Waals surface area contributed by atoms with Crippen molar-refractivity contribution in [2.45, 2.75) is 13.0 Å². The standard InChI is InChI=1S/C15H16N4O4/c1-18(8-2-6-16)14(20)11-22-15(21)13-5-4-12(23-13)10-19-9-3-7-17-19/h3-5,7,9H,2,8,10-11H2,1H3. The summed E-state index contributed by atoms with van der Waals surface area (Å²) in [6, 6.07) is 6.87. The highest BCUT2D eigenvalue weighted by Crippen LogP contribution is 2.10. The van der Waals surface area contributed by atoms with Gasteiger partial charge in [-0.3, -0.25) is 9.48 Å². The molecule has 8 heteroatoms. The van der Waals surface area contributed by atoms with Crippen LogP contribution >= 0.6 is 0 Å². The Morgan fingerprint density at radius 1 is 1.48 bits per heavy atom. The number of ether oxygens (including phenoxy) is 1. The van der Waals surface area contributed by atoms with Gasteiger partial charge in [0, 0.05) is 26.0 Å². The molecule has 0 aliphatic rings. The smallest absolute Gasteiger partial charge is 0.374 e. The summed E-state index contributed by atoms with van der Waals surface area (Å²) in [4.78, 5) is 24.9. The summed E-state index contributed by atoms with van der Waals surface area (Å²) in [5.41, 5.74) is 0. The topological polar surface area (TPSA) is 101 Å². The van der Waals surface area contributed by atoms with E-state index in [1.54, 1.807) is 36.3 Å². The van der Waals surface area contributed by atoms with E-state index < -0.39 is 12.6 Å². The molecule has 0 aliphatic carbocycles. The molecule has 2 rings (SSSR count). The summed E-state index contributed by atoms with van der Waals surface area (Å²) in [6.45, 7) is 0.299. The lowest BCUT2D eigenvalue weighted by molar-refractivity contribution is -0.133. The van der Waals surface area contributed by atoms with Crippen LogP contribution in [-0.4, -0.2) is 46.8 Å². The fourth-order valence-corrected chi connectivity index (χ4v) is 1.78. The first-order chi connectivity index (χ1) is 11.1. The fourth-order valence-electron chi connectivity index (χ4n) is 1.78. The van der Waals surface area contributed by atoms with Crippen molar-refractivity contribution in [1.82, 2.24) is 14.7 Å². The lowest BCUT2D eigenvalue weighted by atomic mass is 10.4. The van der Waals surface area contributed by atoms with Crippen molar-refractivity contribution in [3.05, 3.63) is 42.1 Å². The van der Waals surface area contributed by atoms with E-state index >= 15 is 0 Å². The lowest BCUT2D eigenvalue weighted by Gasteiger charge is -2.14. The summed E-state index contributed by atoms with van der Waals surface area (Å²) in [5.74, 6) is -0.506. The van der Waals surface area contributed by atoms with Crippen molar-refractivity contribution >= 4 is 11.9 Å². The second-order valence-electron chi connectivity index (χ2n) is 4.77. The number of nitriles is 1. The molecule has 0 saturated carbocycles. The number of rotatable bonds is 7. The molecular weight excluding hydrogens is 300 g/mol. The van der Waals surface area contributed by atoms with E-state index in [1.165, 1.54) is 11.0 Å². The second kappa shape index (κ2) is 7.79. The Kier molecular flexibility index (Phi) is 5.52. The van der Waals surface area contributed by atoms with Crippen LogP contribution in [0.15, 0.2) is 35.0 Å². The molecule has 1 amide bonds. The van der Waals surface area contributed by atoms with Crippen molar-refractivity contribution in [3.8, 4) is 6.07 Å². The van der Waals surface area contributed by atoms with E-state index in [9.17, 15) is 9.59 Å². The van der Waals surface area contributed by atoms with Gasteiger partial charge < -0.3 is 14.1 Å². The molecule has 0 fully saturated rings. The van der Waals surface area contributed by atoms with E-state index in [2.05, 4.69) is 5.10 Å². The number of amides is 1. The monoisotopic (exact) mass is 316 g/mol. The van der Waals surface area contributed by atoms with Crippen LogP contribution in [0, 0.1) is 11.3 Å². The first kappa shape index (κ1) is 16.3. The van der Waals surface area contributed by atoms with E-state index in [1.807, 2.05) is 6.07 Å². The van der Waals surface area contributed by atoms with Crippen molar-refractivity contribution in [3.63, 3.8) is 0 Å². The molecule has 0 saturated heterocycles. The van der Waals surface area contributed by atoms with Gasteiger partial charge in [-0.1, -0.05) is 0 Å². The zero-order valence-electron chi connectivity index (χ0n) is 12.6. The second-order valence-corrected chi connectivity index (χ2v) is 4.77. The highest BCUT2D eigenvalue weighted by molar-refractivity contribution is 5.88. The molecule has 0 radical (unpaired) electrons. The number of hydrogen-bond acceptors (Lipinski definition) is 6. The first-order valence-electron chi connectivity index (χ1n) is 6.94. The van der Waals surface area contributed by atoms with Crippen molar-refractivity contribution in [2.75, 3.05) is 20.2 Å². The Labute approximate surface area is 132 Å². The van der Waals surface area contributed by atoms with E-state index in [0.717, 1.165) is 0 Å². The van der Waals surface area contributed by atoms with Gasteiger partial charge in [-0.2, -0.15) is 10.4 Å². The van der Waals surface area contributed by atoms with Gasteiger partial charge in [-0.05, 0) is 18.2 Å². The van der Waals surface area contributed by atoms with Gasteiger partial charge in [-0.15, -0.1) is 0 Å². The maximum absolute atomic E-state index is 11.8. The number of aromatic nitrogens is 2. The minimum Gasteiger partial charge on any atom is -0.452 e. The van der Waals surface area contributed by atoms with Crippen LogP contribution < -0.4 is 0 Å². The maximum Gasteiger partial charge on any atom is 0.374 e. The summed E-state index contributed by atoms with van der Waals surface area (Å²) < 4.78 is 11.9. The van der Waals surface area contributed by atoms with Gasteiger partial charge in [0.05, 0.1) is 19.0 Å². The molecule has 2 aromatic heterocycles. The van der Waals surface area contributed by atoms with Crippen molar-refractivity contribution in [1.29, 1.82) is 5.26 Å². The predicted octanol–water partition coefficient (Wildman–Crippen LogP) is 1.05. The normalized spacial score (nSPS) is 10.1. The predicted molar refractivity (Wildman–Crippen MR) is 78.2 cm³/mol. The van der Waals surface area contributed by atoms with Gasteiger partial charge in [0.1, 0.15) is 5.76 Å². The molecule has 0 spiro atoms. The van der Waals surface area contributed by atoms with Crippen LogP contribution in [0.3, 0.4) is 0 Å². The Balaban J connectivity index is 1.83. The summed E-state index contributed by atoms with van der Waals surface area (Å²) in [7, 11) is 1.54. The summed E-state index contributed by atoms with van der Waals surface area (Å²) in [6.07, 6.45) is 3.65. The third-order valence-corrected chi connectivity index (χ3v) is 3.05. The van der Waals surface area contributed by atoms with Crippen molar-refractivity contribution in [2.24, 2.45) is 0 Å². The van der Waals surface area contributed by atoms with Crippen LogP contribution in [0.4, 0.5) is 0 Å². The Bertz CT molecular complexity index is 699. The summed E-state index contributed by atoms with van der Waals surface area (Å²) >= 11 is 0. The van der Waals surface area contributed by atoms with Crippen molar-refractivity contribution < 1.29 is 18.7 Å². The van der Waals surface area contributed by atoms with Gasteiger partial charge in [0.2, 0.25) is 5.76 Å². The van der Waals surface area contributed by atoms with E-state index in [0.29, 0.717) is 18.8 Å². The molecule has 0 atom stereocenters. The molecule has 23 heavy (non-hydrogen) atoms. The minimum atomic E-state index is -0.709. The van der Waals surface area contributed by atoms with Gasteiger partial charge in [-0.25, -0.2) is 4.79 Å². The fraction of sp³-hybridized carbons (Fsp3) is 0.333. The molecular formula is C15H16N4O4. The van der Waals surface area contributed by atoms with Gasteiger partial charge in [0.15, 0.2) is 6.61 Å². The first-order valence-corrected chi connectivity index (χ1v) is 6.94. The molecule has 8 nitrogen and oxygen atoms in total. The molecule has 0 unspecified atom stereocenters. The highest BCUT2D eigenvalue weighted by Gasteiger charge is 2.16.